The average molecular weight is 202 g/mol. The smallest absolute Gasteiger partial charge is 0.207 e. The molecule has 2 N–H and O–H groups in total. The van der Waals surface area contributed by atoms with Crippen molar-refractivity contribution in [2.45, 2.75) is 13.3 Å². The summed E-state index contributed by atoms with van der Waals surface area (Å²) in [6, 6.07) is 6.25. The predicted molar refractivity (Wildman–Crippen MR) is 60.8 cm³/mol. The zero-order chi connectivity index (χ0) is 10.7. The number of benzene rings is 1. The summed E-state index contributed by atoms with van der Waals surface area (Å²) in [5.74, 6) is 0. The highest BCUT2D eigenvalue weighted by molar-refractivity contribution is 5.85. The third-order valence-corrected chi connectivity index (χ3v) is 2.63. The van der Waals surface area contributed by atoms with Crippen LogP contribution in [0.3, 0.4) is 0 Å². The lowest BCUT2D eigenvalue weighted by Gasteiger charge is -1.99. The van der Waals surface area contributed by atoms with E-state index in [1.807, 2.05) is 6.20 Å². The Balaban J connectivity index is 2.28. The topological polar surface area (TPSA) is 44.9 Å². The molecule has 3 heteroatoms. The number of aromatic nitrogens is 1. The van der Waals surface area contributed by atoms with Gasteiger partial charge in [0, 0.05) is 23.6 Å². The van der Waals surface area contributed by atoms with Crippen LogP contribution in [-0.4, -0.2) is 17.9 Å². The van der Waals surface area contributed by atoms with Crippen LogP contribution in [0.25, 0.3) is 10.9 Å². The molecular weight excluding hydrogens is 188 g/mol. The Bertz CT molecular complexity index is 473. The second-order valence-electron chi connectivity index (χ2n) is 3.63. The molecule has 0 aliphatic rings. The molecule has 0 fully saturated rings. The van der Waals surface area contributed by atoms with Gasteiger partial charge in [-0.05, 0) is 24.5 Å². The highest BCUT2D eigenvalue weighted by atomic mass is 16.1. The summed E-state index contributed by atoms with van der Waals surface area (Å²) in [5, 5.41) is 3.92. The van der Waals surface area contributed by atoms with E-state index in [1.165, 1.54) is 22.0 Å². The van der Waals surface area contributed by atoms with Crippen molar-refractivity contribution in [1.82, 2.24) is 10.3 Å². The van der Waals surface area contributed by atoms with Crippen LogP contribution in [0.4, 0.5) is 0 Å². The second-order valence-corrected chi connectivity index (χ2v) is 3.63. The zero-order valence-electron chi connectivity index (χ0n) is 8.71. The fourth-order valence-electron chi connectivity index (χ4n) is 1.84. The molecule has 1 aromatic carbocycles. The normalized spacial score (nSPS) is 10.5. The van der Waals surface area contributed by atoms with E-state index < -0.39 is 0 Å². The van der Waals surface area contributed by atoms with E-state index in [4.69, 9.17) is 0 Å². The molecule has 1 aromatic heterocycles. The van der Waals surface area contributed by atoms with Gasteiger partial charge < -0.3 is 10.3 Å². The summed E-state index contributed by atoms with van der Waals surface area (Å²) in [4.78, 5) is 13.4. The molecule has 0 bridgehead atoms. The minimum atomic E-state index is 0.685. The van der Waals surface area contributed by atoms with Crippen LogP contribution >= 0.6 is 0 Å². The van der Waals surface area contributed by atoms with Gasteiger partial charge in [-0.1, -0.05) is 18.2 Å². The van der Waals surface area contributed by atoms with Crippen LogP contribution in [0.1, 0.15) is 11.1 Å². The van der Waals surface area contributed by atoms with Crippen molar-refractivity contribution in [3.05, 3.63) is 35.5 Å². The molecular formula is C12H14N2O. The first kappa shape index (κ1) is 9.77. The lowest BCUT2D eigenvalue weighted by Crippen LogP contribution is -2.14. The van der Waals surface area contributed by atoms with Crippen molar-refractivity contribution in [3.63, 3.8) is 0 Å². The second kappa shape index (κ2) is 4.17. The summed E-state index contributed by atoms with van der Waals surface area (Å²) in [6.45, 7) is 2.77. The summed E-state index contributed by atoms with van der Waals surface area (Å²) in [5.41, 5.74) is 3.70. The van der Waals surface area contributed by atoms with Gasteiger partial charge in [0.15, 0.2) is 0 Å². The van der Waals surface area contributed by atoms with E-state index in [0.29, 0.717) is 6.54 Å². The lowest BCUT2D eigenvalue weighted by atomic mass is 10.1. The number of rotatable bonds is 4. The van der Waals surface area contributed by atoms with Crippen molar-refractivity contribution in [1.29, 1.82) is 0 Å². The van der Waals surface area contributed by atoms with E-state index in [-0.39, 0.29) is 0 Å². The number of fused-ring (bicyclic) bond motifs is 1. The van der Waals surface area contributed by atoms with Gasteiger partial charge >= 0.3 is 0 Å². The van der Waals surface area contributed by atoms with Gasteiger partial charge in [0.2, 0.25) is 6.41 Å². The van der Waals surface area contributed by atoms with E-state index in [1.54, 1.807) is 0 Å². The van der Waals surface area contributed by atoms with Crippen molar-refractivity contribution in [3.8, 4) is 0 Å². The Kier molecular flexibility index (Phi) is 2.72. The molecule has 1 heterocycles. The van der Waals surface area contributed by atoms with E-state index in [2.05, 4.69) is 35.4 Å². The predicted octanol–water partition coefficient (Wildman–Crippen LogP) is 1.76. The van der Waals surface area contributed by atoms with E-state index >= 15 is 0 Å². The van der Waals surface area contributed by atoms with Crippen LogP contribution in [0.2, 0.25) is 0 Å². The number of amides is 1. The maximum atomic E-state index is 10.1. The largest absolute Gasteiger partial charge is 0.361 e. The zero-order valence-corrected chi connectivity index (χ0v) is 8.71. The Hall–Kier alpha value is -1.77. The summed E-state index contributed by atoms with van der Waals surface area (Å²) >= 11 is 0. The van der Waals surface area contributed by atoms with Gasteiger partial charge in [-0.15, -0.1) is 0 Å². The third kappa shape index (κ3) is 1.86. The minimum absolute atomic E-state index is 0.685. The third-order valence-electron chi connectivity index (χ3n) is 2.63. The van der Waals surface area contributed by atoms with Crippen LogP contribution in [0, 0.1) is 6.92 Å². The number of aromatic amines is 1. The number of aryl methyl sites for hydroxylation is 1. The van der Waals surface area contributed by atoms with Gasteiger partial charge in [0.05, 0.1) is 0 Å². The molecule has 0 aliphatic carbocycles. The number of carbonyl (C=O) groups is 1. The van der Waals surface area contributed by atoms with Crippen molar-refractivity contribution < 1.29 is 4.79 Å². The maximum Gasteiger partial charge on any atom is 0.207 e. The first-order valence-corrected chi connectivity index (χ1v) is 5.05. The summed E-state index contributed by atoms with van der Waals surface area (Å²) in [6.07, 6.45) is 3.62. The monoisotopic (exact) mass is 202 g/mol. The Morgan fingerprint density at radius 3 is 3.13 bits per heavy atom. The van der Waals surface area contributed by atoms with Crippen molar-refractivity contribution in [2.24, 2.45) is 0 Å². The number of nitrogens with one attached hydrogen (secondary N) is 2. The van der Waals surface area contributed by atoms with Gasteiger partial charge in [-0.25, -0.2) is 0 Å². The molecule has 2 aromatic rings. The quantitative estimate of drug-likeness (QED) is 0.576. The van der Waals surface area contributed by atoms with Crippen LogP contribution in [0.15, 0.2) is 24.4 Å². The Labute approximate surface area is 88.5 Å². The molecule has 0 saturated carbocycles. The molecule has 0 unspecified atom stereocenters. The van der Waals surface area contributed by atoms with Gasteiger partial charge in [-0.2, -0.15) is 0 Å². The molecule has 15 heavy (non-hydrogen) atoms. The number of para-hydroxylation sites is 1. The standard InChI is InChI=1S/C12H14N2O/c1-9-3-2-4-11-10(5-6-13-8-15)7-14-12(9)11/h2-4,7-8,14H,5-6H2,1H3,(H,13,15). The van der Waals surface area contributed by atoms with Crippen molar-refractivity contribution >= 4 is 17.3 Å². The molecule has 0 atom stereocenters. The van der Waals surface area contributed by atoms with Gasteiger partial charge in [0.25, 0.3) is 0 Å². The SMILES string of the molecule is Cc1cccc2c(CCNC=O)c[nH]c12. The highest BCUT2D eigenvalue weighted by Gasteiger charge is 2.04. The number of hydrogen-bond donors (Lipinski definition) is 2. The molecule has 0 radical (unpaired) electrons. The molecule has 78 valence electrons. The Morgan fingerprint density at radius 2 is 2.33 bits per heavy atom. The fraction of sp³-hybridized carbons (Fsp3) is 0.250. The summed E-state index contributed by atoms with van der Waals surface area (Å²) in [7, 11) is 0. The number of H-pyrrole nitrogens is 1. The minimum Gasteiger partial charge on any atom is -0.361 e. The molecule has 2 rings (SSSR count). The van der Waals surface area contributed by atoms with Crippen LogP contribution in [0.5, 0.6) is 0 Å². The molecule has 0 spiro atoms. The molecule has 1 amide bonds. The molecule has 0 aliphatic heterocycles. The van der Waals surface area contributed by atoms with E-state index in [0.717, 1.165) is 12.8 Å². The van der Waals surface area contributed by atoms with Crippen molar-refractivity contribution in [2.75, 3.05) is 6.54 Å². The van der Waals surface area contributed by atoms with E-state index in [9.17, 15) is 4.79 Å². The van der Waals surface area contributed by atoms with Crippen LogP contribution in [-0.2, 0) is 11.2 Å². The fourth-order valence-corrected chi connectivity index (χ4v) is 1.84. The summed E-state index contributed by atoms with van der Waals surface area (Å²) < 4.78 is 0. The van der Waals surface area contributed by atoms with Crippen LogP contribution < -0.4 is 5.32 Å². The molecule has 3 nitrogen and oxygen atoms in total. The van der Waals surface area contributed by atoms with Gasteiger partial charge in [0.1, 0.15) is 0 Å². The number of carbonyl (C=O) groups excluding carboxylic acids is 1. The first-order valence-electron chi connectivity index (χ1n) is 5.05. The Morgan fingerprint density at radius 1 is 1.47 bits per heavy atom. The average Bonchev–Trinajstić information content (AvgIpc) is 2.64. The highest BCUT2D eigenvalue weighted by Crippen LogP contribution is 2.21. The maximum absolute atomic E-state index is 10.1. The first-order chi connectivity index (χ1) is 7.33. The molecule has 0 saturated heterocycles. The van der Waals surface area contributed by atoms with Gasteiger partial charge in [-0.3, -0.25) is 4.79 Å². The lowest BCUT2D eigenvalue weighted by molar-refractivity contribution is -0.109. The number of hydrogen-bond acceptors (Lipinski definition) is 1.